The highest BCUT2D eigenvalue weighted by molar-refractivity contribution is 5.22. The summed E-state index contributed by atoms with van der Waals surface area (Å²) in [5.74, 6) is 1.35. The van der Waals surface area contributed by atoms with Crippen LogP contribution in [0.2, 0.25) is 0 Å². The number of rotatable bonds is 4. The number of nitrogens with one attached hydrogen (secondary N) is 1. The lowest BCUT2D eigenvalue weighted by atomic mass is 9.81. The highest BCUT2D eigenvalue weighted by atomic mass is 15.1. The Morgan fingerprint density at radius 2 is 1.86 bits per heavy atom. The number of anilines is 1. The van der Waals surface area contributed by atoms with Crippen LogP contribution < -0.4 is 5.32 Å². The van der Waals surface area contributed by atoms with E-state index in [9.17, 15) is 0 Å². The van der Waals surface area contributed by atoms with Gasteiger partial charge in [-0.15, -0.1) is 0 Å². The van der Waals surface area contributed by atoms with Gasteiger partial charge in [0.2, 0.25) is 5.95 Å². The van der Waals surface area contributed by atoms with Gasteiger partial charge in [0.15, 0.2) is 0 Å². The van der Waals surface area contributed by atoms with Crippen LogP contribution in [0.15, 0.2) is 18.5 Å². The zero-order valence-electron chi connectivity index (χ0n) is 9.41. The average molecular weight is 193 g/mol. The minimum absolute atomic E-state index is 0.263. The molecule has 14 heavy (non-hydrogen) atoms. The second-order valence-corrected chi connectivity index (χ2v) is 4.57. The van der Waals surface area contributed by atoms with Gasteiger partial charge in [0.05, 0.1) is 0 Å². The van der Waals surface area contributed by atoms with E-state index < -0.39 is 0 Å². The number of hydrogen-bond donors (Lipinski definition) is 1. The van der Waals surface area contributed by atoms with E-state index in [4.69, 9.17) is 0 Å². The summed E-state index contributed by atoms with van der Waals surface area (Å²) in [5.41, 5.74) is 0.263. The smallest absolute Gasteiger partial charge is 0.222 e. The van der Waals surface area contributed by atoms with Crippen molar-refractivity contribution in [3.63, 3.8) is 0 Å². The van der Waals surface area contributed by atoms with Crippen LogP contribution in [0.1, 0.15) is 27.7 Å². The first kappa shape index (κ1) is 11.0. The first-order chi connectivity index (χ1) is 6.52. The summed E-state index contributed by atoms with van der Waals surface area (Å²) < 4.78 is 0. The van der Waals surface area contributed by atoms with E-state index in [0.29, 0.717) is 11.9 Å². The van der Waals surface area contributed by atoms with E-state index in [1.165, 1.54) is 0 Å². The van der Waals surface area contributed by atoms with Crippen LogP contribution in [0.25, 0.3) is 0 Å². The fourth-order valence-corrected chi connectivity index (χ4v) is 0.901. The van der Waals surface area contributed by atoms with Crippen molar-refractivity contribution in [1.82, 2.24) is 9.97 Å². The highest BCUT2D eigenvalue weighted by Gasteiger charge is 2.21. The van der Waals surface area contributed by atoms with E-state index in [0.717, 1.165) is 6.54 Å². The minimum atomic E-state index is 0.263. The molecule has 0 aliphatic heterocycles. The van der Waals surface area contributed by atoms with E-state index in [1.807, 2.05) is 6.07 Å². The molecule has 0 saturated carbocycles. The quantitative estimate of drug-likeness (QED) is 0.798. The molecule has 0 aliphatic rings. The van der Waals surface area contributed by atoms with Gasteiger partial charge in [0.1, 0.15) is 0 Å². The van der Waals surface area contributed by atoms with E-state index >= 15 is 0 Å². The van der Waals surface area contributed by atoms with Crippen molar-refractivity contribution in [2.45, 2.75) is 27.7 Å². The molecule has 0 aliphatic carbocycles. The van der Waals surface area contributed by atoms with Crippen molar-refractivity contribution in [1.29, 1.82) is 0 Å². The Kier molecular flexibility index (Phi) is 3.44. The van der Waals surface area contributed by atoms with Crippen LogP contribution in [0.5, 0.6) is 0 Å². The lowest BCUT2D eigenvalue weighted by Crippen LogP contribution is -2.29. The van der Waals surface area contributed by atoms with Crippen LogP contribution in [0, 0.1) is 11.3 Å². The first-order valence-electron chi connectivity index (χ1n) is 5.03. The second-order valence-electron chi connectivity index (χ2n) is 4.57. The summed E-state index contributed by atoms with van der Waals surface area (Å²) in [6.07, 6.45) is 3.50. The Hall–Kier alpha value is -1.12. The van der Waals surface area contributed by atoms with Crippen molar-refractivity contribution in [2.75, 3.05) is 11.9 Å². The van der Waals surface area contributed by atoms with Crippen LogP contribution in [-0.2, 0) is 0 Å². The van der Waals surface area contributed by atoms with Crippen LogP contribution >= 0.6 is 0 Å². The SMILES string of the molecule is CC(C)C(C)(C)CNc1ncccn1. The Morgan fingerprint density at radius 1 is 1.29 bits per heavy atom. The Labute approximate surface area is 86.0 Å². The summed E-state index contributed by atoms with van der Waals surface area (Å²) >= 11 is 0. The van der Waals surface area contributed by atoms with Crippen molar-refractivity contribution in [3.8, 4) is 0 Å². The van der Waals surface area contributed by atoms with E-state index in [2.05, 4.69) is 43.0 Å². The van der Waals surface area contributed by atoms with Gasteiger partial charge < -0.3 is 5.32 Å². The summed E-state index contributed by atoms with van der Waals surface area (Å²) in [6.45, 7) is 9.84. The number of nitrogens with zero attached hydrogens (tertiary/aromatic N) is 2. The predicted molar refractivity (Wildman–Crippen MR) is 59.1 cm³/mol. The summed E-state index contributed by atoms with van der Waals surface area (Å²) in [6, 6.07) is 1.82. The molecule has 0 saturated heterocycles. The largest absolute Gasteiger partial charge is 0.354 e. The lowest BCUT2D eigenvalue weighted by Gasteiger charge is -2.29. The normalized spacial score (nSPS) is 11.8. The Bertz CT molecular complexity index is 267. The molecule has 0 radical (unpaired) electrons. The van der Waals surface area contributed by atoms with Crippen molar-refractivity contribution in [3.05, 3.63) is 18.5 Å². The van der Waals surface area contributed by atoms with Gasteiger partial charge in [-0.25, -0.2) is 9.97 Å². The standard InChI is InChI=1S/C11H19N3/c1-9(2)11(3,4)8-14-10-12-6-5-7-13-10/h5-7,9H,8H2,1-4H3,(H,12,13,14). The highest BCUT2D eigenvalue weighted by Crippen LogP contribution is 2.25. The second kappa shape index (κ2) is 4.40. The van der Waals surface area contributed by atoms with E-state index in [-0.39, 0.29) is 5.41 Å². The topological polar surface area (TPSA) is 37.8 Å². The molecule has 1 rings (SSSR count). The zero-order chi connectivity index (χ0) is 10.6. The number of aromatic nitrogens is 2. The molecule has 0 atom stereocenters. The van der Waals surface area contributed by atoms with Gasteiger partial charge in [0.25, 0.3) is 0 Å². The monoisotopic (exact) mass is 193 g/mol. The van der Waals surface area contributed by atoms with Crippen LogP contribution in [-0.4, -0.2) is 16.5 Å². The van der Waals surface area contributed by atoms with Crippen molar-refractivity contribution < 1.29 is 0 Å². The Balaban J connectivity index is 2.49. The molecule has 0 aromatic carbocycles. The first-order valence-corrected chi connectivity index (χ1v) is 5.03. The molecule has 0 amide bonds. The molecule has 0 unspecified atom stereocenters. The minimum Gasteiger partial charge on any atom is -0.354 e. The predicted octanol–water partition coefficient (Wildman–Crippen LogP) is 2.57. The summed E-state index contributed by atoms with van der Waals surface area (Å²) in [5, 5.41) is 3.24. The molecule has 3 heteroatoms. The molecule has 0 fully saturated rings. The zero-order valence-corrected chi connectivity index (χ0v) is 9.41. The van der Waals surface area contributed by atoms with Crippen molar-refractivity contribution >= 4 is 5.95 Å². The van der Waals surface area contributed by atoms with E-state index in [1.54, 1.807) is 12.4 Å². The maximum atomic E-state index is 4.12. The number of hydrogen-bond acceptors (Lipinski definition) is 3. The molecule has 78 valence electrons. The Morgan fingerprint density at radius 3 is 2.36 bits per heavy atom. The molecule has 1 heterocycles. The fraction of sp³-hybridized carbons (Fsp3) is 0.636. The molecule has 0 bridgehead atoms. The van der Waals surface area contributed by atoms with Gasteiger partial charge in [-0.3, -0.25) is 0 Å². The van der Waals surface area contributed by atoms with Gasteiger partial charge in [-0.2, -0.15) is 0 Å². The van der Waals surface area contributed by atoms with Gasteiger partial charge in [0, 0.05) is 18.9 Å². The molecule has 1 aromatic rings. The summed E-state index contributed by atoms with van der Waals surface area (Å²) in [4.78, 5) is 8.24. The average Bonchev–Trinajstić information content (AvgIpc) is 2.16. The maximum Gasteiger partial charge on any atom is 0.222 e. The van der Waals surface area contributed by atoms with Crippen molar-refractivity contribution in [2.24, 2.45) is 11.3 Å². The maximum absolute atomic E-state index is 4.12. The third kappa shape index (κ3) is 2.98. The third-order valence-electron chi connectivity index (χ3n) is 2.83. The summed E-state index contributed by atoms with van der Waals surface area (Å²) in [7, 11) is 0. The molecule has 0 spiro atoms. The van der Waals surface area contributed by atoms with Gasteiger partial charge in [-0.05, 0) is 17.4 Å². The lowest BCUT2D eigenvalue weighted by molar-refractivity contribution is 0.269. The molecule has 3 nitrogen and oxygen atoms in total. The van der Waals surface area contributed by atoms with Crippen LogP contribution in [0.3, 0.4) is 0 Å². The molecule has 1 N–H and O–H groups in total. The van der Waals surface area contributed by atoms with Crippen LogP contribution in [0.4, 0.5) is 5.95 Å². The molecular formula is C11H19N3. The fourth-order valence-electron chi connectivity index (χ4n) is 0.901. The third-order valence-corrected chi connectivity index (χ3v) is 2.83. The van der Waals surface area contributed by atoms with Gasteiger partial charge in [-0.1, -0.05) is 27.7 Å². The molecule has 1 aromatic heterocycles. The molecular weight excluding hydrogens is 174 g/mol. The van der Waals surface area contributed by atoms with Gasteiger partial charge >= 0.3 is 0 Å².